The minimum Gasteiger partial charge on any atom is -0.384 e. The molecule has 0 spiro atoms. The van der Waals surface area contributed by atoms with Crippen LogP contribution in [0, 0.1) is 12.7 Å². The summed E-state index contributed by atoms with van der Waals surface area (Å²) in [4.78, 5) is 12.3. The maximum absolute atomic E-state index is 14.3. The molecule has 0 radical (unpaired) electrons. The molecule has 0 atom stereocenters. The summed E-state index contributed by atoms with van der Waals surface area (Å²) in [5.41, 5.74) is 8.06. The third kappa shape index (κ3) is 2.22. The van der Waals surface area contributed by atoms with Crippen LogP contribution in [-0.2, 0) is 0 Å². The fourth-order valence-corrected chi connectivity index (χ4v) is 2.60. The predicted molar refractivity (Wildman–Crippen MR) is 80.3 cm³/mol. The Balaban J connectivity index is 2.29. The molecule has 2 N–H and O–H groups in total. The van der Waals surface area contributed by atoms with Gasteiger partial charge in [-0.25, -0.2) is 19.3 Å². The largest absolute Gasteiger partial charge is 0.384 e. The van der Waals surface area contributed by atoms with Crippen molar-refractivity contribution in [2.45, 2.75) is 26.8 Å². The number of rotatable bonds is 2. The van der Waals surface area contributed by atoms with E-state index in [0.29, 0.717) is 22.6 Å². The van der Waals surface area contributed by atoms with Gasteiger partial charge in [-0.05, 0) is 32.9 Å². The summed E-state index contributed by atoms with van der Waals surface area (Å²) in [7, 11) is 0. The minimum atomic E-state index is -0.359. The average molecular weight is 285 g/mol. The molecule has 3 aromatic rings. The number of aryl methyl sites for hydroxylation is 1. The number of imidazole rings is 1. The van der Waals surface area contributed by atoms with Gasteiger partial charge in [-0.15, -0.1) is 0 Å². The van der Waals surface area contributed by atoms with Crippen LogP contribution in [0.5, 0.6) is 0 Å². The van der Waals surface area contributed by atoms with Gasteiger partial charge in [0.1, 0.15) is 23.5 Å². The number of nitrogens with zero attached hydrogens (tertiary/aromatic N) is 4. The molecule has 3 rings (SSSR count). The molecule has 2 aromatic heterocycles. The van der Waals surface area contributed by atoms with E-state index < -0.39 is 0 Å². The highest BCUT2D eigenvalue weighted by Crippen LogP contribution is 2.28. The van der Waals surface area contributed by atoms with Gasteiger partial charge in [-0.3, -0.25) is 0 Å². The highest BCUT2D eigenvalue weighted by atomic mass is 19.1. The molecular formula is C15H16FN5. The van der Waals surface area contributed by atoms with Crippen LogP contribution in [0.1, 0.15) is 25.7 Å². The summed E-state index contributed by atoms with van der Waals surface area (Å²) in [6, 6.07) is 5.14. The summed E-state index contributed by atoms with van der Waals surface area (Å²) >= 11 is 0. The third-order valence-electron chi connectivity index (χ3n) is 3.43. The van der Waals surface area contributed by atoms with Crippen LogP contribution in [0.25, 0.3) is 22.3 Å². The van der Waals surface area contributed by atoms with Crippen LogP contribution in [0.2, 0.25) is 0 Å². The Morgan fingerprint density at radius 1 is 1.19 bits per heavy atom. The summed E-state index contributed by atoms with van der Waals surface area (Å²) in [5, 5.41) is 0. The van der Waals surface area contributed by atoms with Crippen molar-refractivity contribution in [3.63, 3.8) is 0 Å². The van der Waals surface area contributed by atoms with E-state index in [9.17, 15) is 4.39 Å². The van der Waals surface area contributed by atoms with Crippen molar-refractivity contribution < 1.29 is 4.39 Å². The van der Waals surface area contributed by atoms with Crippen molar-refractivity contribution in [2.75, 3.05) is 5.73 Å². The van der Waals surface area contributed by atoms with Gasteiger partial charge in [0.15, 0.2) is 5.82 Å². The molecule has 21 heavy (non-hydrogen) atoms. The van der Waals surface area contributed by atoms with Gasteiger partial charge in [-0.2, -0.15) is 0 Å². The summed E-state index contributed by atoms with van der Waals surface area (Å²) in [6.45, 7) is 5.96. The zero-order valence-corrected chi connectivity index (χ0v) is 12.1. The topological polar surface area (TPSA) is 69.6 Å². The number of benzene rings is 1. The number of anilines is 1. The molecule has 1 aromatic carbocycles. The highest BCUT2D eigenvalue weighted by molar-refractivity contribution is 5.83. The molecule has 0 fully saturated rings. The van der Waals surface area contributed by atoms with Crippen LogP contribution >= 0.6 is 0 Å². The van der Waals surface area contributed by atoms with Gasteiger partial charge in [0, 0.05) is 17.7 Å². The van der Waals surface area contributed by atoms with E-state index in [-0.39, 0.29) is 11.9 Å². The van der Waals surface area contributed by atoms with Gasteiger partial charge in [-0.1, -0.05) is 0 Å². The smallest absolute Gasteiger partial charge is 0.151 e. The predicted octanol–water partition coefficient (Wildman–Crippen LogP) is 3.10. The lowest BCUT2D eigenvalue weighted by atomic mass is 10.1. The van der Waals surface area contributed by atoms with Crippen LogP contribution in [0.3, 0.4) is 0 Å². The molecule has 0 amide bonds. The molecule has 0 aliphatic heterocycles. The van der Waals surface area contributed by atoms with Gasteiger partial charge in [0.2, 0.25) is 0 Å². The van der Waals surface area contributed by atoms with Crippen LogP contribution < -0.4 is 5.73 Å². The van der Waals surface area contributed by atoms with Crippen LogP contribution in [-0.4, -0.2) is 19.5 Å². The third-order valence-corrected chi connectivity index (χ3v) is 3.43. The number of nitrogens with two attached hydrogens (primary N) is 1. The van der Waals surface area contributed by atoms with Gasteiger partial charge >= 0.3 is 0 Å². The van der Waals surface area contributed by atoms with Crippen molar-refractivity contribution in [3.8, 4) is 11.3 Å². The molecule has 6 heteroatoms. The maximum atomic E-state index is 14.3. The standard InChI is InChI=1S/C15H16FN5/c1-8(2)21-9(3)20-15-11(16)4-10(5-13(15)21)12-6-14(17)19-7-18-12/h4-8H,1-3H3,(H2,17,18,19). The second-order valence-corrected chi connectivity index (χ2v) is 5.28. The molecule has 0 unspecified atom stereocenters. The molecular weight excluding hydrogens is 269 g/mol. The Morgan fingerprint density at radius 2 is 1.95 bits per heavy atom. The van der Waals surface area contributed by atoms with Crippen LogP contribution in [0.4, 0.5) is 10.2 Å². The van der Waals surface area contributed by atoms with E-state index in [4.69, 9.17) is 5.73 Å². The Bertz CT molecular complexity index is 822. The van der Waals surface area contributed by atoms with E-state index in [1.54, 1.807) is 6.07 Å². The molecule has 0 saturated carbocycles. The fourth-order valence-electron chi connectivity index (χ4n) is 2.60. The Kier molecular flexibility index (Phi) is 3.08. The van der Waals surface area contributed by atoms with Gasteiger partial charge in [0.25, 0.3) is 0 Å². The minimum absolute atomic E-state index is 0.195. The first-order valence-corrected chi connectivity index (χ1v) is 6.73. The zero-order valence-electron chi connectivity index (χ0n) is 12.1. The first-order valence-electron chi connectivity index (χ1n) is 6.73. The van der Waals surface area contributed by atoms with Crippen molar-refractivity contribution in [2.24, 2.45) is 0 Å². The number of nitrogen functional groups attached to an aromatic ring is 1. The van der Waals surface area contributed by atoms with Crippen molar-refractivity contribution in [1.29, 1.82) is 0 Å². The lowest BCUT2D eigenvalue weighted by Gasteiger charge is -2.11. The lowest BCUT2D eigenvalue weighted by Crippen LogP contribution is -2.03. The Morgan fingerprint density at radius 3 is 2.62 bits per heavy atom. The number of fused-ring (bicyclic) bond motifs is 1. The molecule has 0 aliphatic rings. The van der Waals surface area contributed by atoms with E-state index in [1.807, 2.05) is 31.4 Å². The SMILES string of the molecule is Cc1nc2c(F)cc(-c3cc(N)ncn3)cc2n1C(C)C. The van der Waals surface area contributed by atoms with Crippen LogP contribution in [0.15, 0.2) is 24.5 Å². The number of halogens is 1. The summed E-state index contributed by atoms with van der Waals surface area (Å²) in [6.07, 6.45) is 1.37. The zero-order chi connectivity index (χ0) is 15.1. The van der Waals surface area contributed by atoms with E-state index in [0.717, 1.165) is 11.3 Å². The molecule has 0 bridgehead atoms. The molecule has 5 nitrogen and oxygen atoms in total. The second-order valence-electron chi connectivity index (χ2n) is 5.28. The van der Waals surface area contributed by atoms with Crippen molar-refractivity contribution >= 4 is 16.9 Å². The van der Waals surface area contributed by atoms with E-state index in [2.05, 4.69) is 15.0 Å². The molecule has 2 heterocycles. The summed E-state index contributed by atoms with van der Waals surface area (Å²) in [5.74, 6) is 0.787. The lowest BCUT2D eigenvalue weighted by molar-refractivity contribution is 0.600. The van der Waals surface area contributed by atoms with E-state index >= 15 is 0 Å². The summed E-state index contributed by atoms with van der Waals surface area (Å²) < 4.78 is 16.3. The number of hydrogen-bond donors (Lipinski definition) is 1. The van der Waals surface area contributed by atoms with Gasteiger partial charge < -0.3 is 10.3 Å². The number of hydrogen-bond acceptors (Lipinski definition) is 4. The maximum Gasteiger partial charge on any atom is 0.151 e. The first-order chi connectivity index (χ1) is 9.97. The number of aromatic nitrogens is 4. The molecule has 108 valence electrons. The molecule has 0 aliphatic carbocycles. The second kappa shape index (κ2) is 4.80. The molecule has 0 saturated heterocycles. The quantitative estimate of drug-likeness (QED) is 0.785. The van der Waals surface area contributed by atoms with Crippen molar-refractivity contribution in [1.82, 2.24) is 19.5 Å². The first kappa shape index (κ1) is 13.5. The van der Waals surface area contributed by atoms with E-state index in [1.165, 1.54) is 12.4 Å². The van der Waals surface area contributed by atoms with Gasteiger partial charge in [0.05, 0.1) is 11.2 Å². The normalized spacial score (nSPS) is 11.5. The van der Waals surface area contributed by atoms with Crippen molar-refractivity contribution in [3.05, 3.63) is 36.2 Å². The Hall–Kier alpha value is -2.50. The Labute approximate surface area is 121 Å². The highest BCUT2D eigenvalue weighted by Gasteiger charge is 2.16. The fraction of sp³-hybridized carbons (Fsp3) is 0.267. The average Bonchev–Trinajstić information content (AvgIpc) is 2.75. The monoisotopic (exact) mass is 285 g/mol.